The van der Waals surface area contributed by atoms with E-state index in [1.807, 2.05) is 0 Å². The fourth-order valence-corrected chi connectivity index (χ4v) is 2.39. The first-order chi connectivity index (χ1) is 8.96. The molecule has 0 aliphatic carbocycles. The molecular weight excluding hydrogens is 277 g/mol. The Hall–Kier alpha value is -1.21. The molecule has 0 aromatic heterocycles. The third kappa shape index (κ3) is 4.14. The van der Waals surface area contributed by atoms with Crippen molar-refractivity contribution in [1.82, 2.24) is 10.2 Å². The molecule has 1 N–H and O–H groups in total. The maximum atomic E-state index is 12.2. The van der Waals surface area contributed by atoms with Crippen LogP contribution in [0.4, 0.5) is 13.2 Å². The van der Waals surface area contributed by atoms with Crippen molar-refractivity contribution in [2.75, 3.05) is 26.2 Å². The number of nitrogens with one attached hydrogen (secondary N) is 1. The topological polar surface area (TPSA) is 32.3 Å². The van der Waals surface area contributed by atoms with E-state index in [-0.39, 0.29) is 22.6 Å². The summed E-state index contributed by atoms with van der Waals surface area (Å²) in [6.07, 6.45) is 0. The van der Waals surface area contributed by atoms with Gasteiger partial charge < -0.3 is 10.2 Å². The minimum Gasteiger partial charge on any atom is -0.336 e. The van der Waals surface area contributed by atoms with Crippen molar-refractivity contribution >= 4 is 17.7 Å². The van der Waals surface area contributed by atoms with Crippen molar-refractivity contribution in [3.8, 4) is 0 Å². The zero-order chi connectivity index (χ0) is 13.9. The van der Waals surface area contributed by atoms with Crippen LogP contribution in [0.5, 0.6) is 0 Å². The van der Waals surface area contributed by atoms with E-state index in [1.165, 1.54) is 24.3 Å². The highest BCUT2D eigenvalue weighted by Gasteiger charge is 2.29. The largest absolute Gasteiger partial charge is 0.446 e. The molecule has 1 amide bonds. The first-order valence-corrected chi connectivity index (χ1v) is 6.63. The highest BCUT2D eigenvalue weighted by molar-refractivity contribution is 8.00. The van der Waals surface area contributed by atoms with Crippen LogP contribution < -0.4 is 5.32 Å². The van der Waals surface area contributed by atoms with Gasteiger partial charge in [-0.2, -0.15) is 13.2 Å². The Morgan fingerprint density at radius 2 is 1.74 bits per heavy atom. The summed E-state index contributed by atoms with van der Waals surface area (Å²) < 4.78 is 36.5. The predicted molar refractivity (Wildman–Crippen MR) is 67.1 cm³/mol. The number of rotatable bonds is 2. The van der Waals surface area contributed by atoms with Crippen LogP contribution in [0.2, 0.25) is 0 Å². The van der Waals surface area contributed by atoms with Crippen LogP contribution in [0.1, 0.15) is 10.4 Å². The molecule has 1 heterocycles. The molecule has 0 unspecified atom stereocenters. The summed E-state index contributed by atoms with van der Waals surface area (Å²) in [4.78, 5) is 13.8. The summed E-state index contributed by atoms with van der Waals surface area (Å²) in [7, 11) is 0. The fraction of sp³-hybridized carbons (Fsp3) is 0.417. The number of amides is 1. The molecule has 104 valence electrons. The standard InChI is InChI=1S/C12H13F3N2OS/c13-12(14,15)19-10-3-1-9(2-4-10)11(18)17-7-5-16-6-8-17/h1-4,16H,5-8H2. The molecule has 1 aliphatic rings. The fourth-order valence-electron chi connectivity index (χ4n) is 1.85. The van der Waals surface area contributed by atoms with Crippen molar-refractivity contribution in [3.05, 3.63) is 29.8 Å². The lowest BCUT2D eigenvalue weighted by molar-refractivity contribution is -0.0328. The number of thioether (sulfide) groups is 1. The van der Waals surface area contributed by atoms with Gasteiger partial charge in [0.25, 0.3) is 5.91 Å². The molecular formula is C12H13F3N2OS. The molecule has 0 spiro atoms. The minimum absolute atomic E-state index is 0.0874. The van der Waals surface area contributed by atoms with Crippen molar-refractivity contribution < 1.29 is 18.0 Å². The Morgan fingerprint density at radius 3 is 2.26 bits per heavy atom. The summed E-state index contributed by atoms with van der Waals surface area (Å²) in [6.45, 7) is 2.73. The minimum atomic E-state index is -4.30. The monoisotopic (exact) mass is 290 g/mol. The van der Waals surface area contributed by atoms with Crippen molar-refractivity contribution in [2.45, 2.75) is 10.4 Å². The Balaban J connectivity index is 2.03. The van der Waals surface area contributed by atoms with Crippen LogP contribution >= 0.6 is 11.8 Å². The van der Waals surface area contributed by atoms with Gasteiger partial charge in [-0.05, 0) is 36.0 Å². The maximum Gasteiger partial charge on any atom is 0.446 e. The Kier molecular flexibility index (Phi) is 4.36. The van der Waals surface area contributed by atoms with Crippen molar-refractivity contribution in [2.24, 2.45) is 0 Å². The molecule has 1 aromatic carbocycles. The van der Waals surface area contributed by atoms with E-state index in [2.05, 4.69) is 5.32 Å². The number of alkyl halides is 3. The first kappa shape index (κ1) is 14.2. The number of carbonyl (C=O) groups excluding carboxylic acids is 1. The van der Waals surface area contributed by atoms with E-state index in [0.29, 0.717) is 18.7 Å². The number of carbonyl (C=O) groups is 1. The number of benzene rings is 1. The second-order valence-electron chi connectivity index (χ2n) is 4.11. The Bertz CT molecular complexity index is 441. The quantitative estimate of drug-likeness (QED) is 0.849. The number of halogens is 3. The summed E-state index contributed by atoms with van der Waals surface area (Å²) >= 11 is -0.178. The third-order valence-corrected chi connectivity index (χ3v) is 3.48. The Morgan fingerprint density at radius 1 is 1.16 bits per heavy atom. The van der Waals surface area contributed by atoms with E-state index < -0.39 is 5.51 Å². The lowest BCUT2D eigenvalue weighted by Gasteiger charge is -2.27. The van der Waals surface area contributed by atoms with Gasteiger partial charge in [-0.3, -0.25) is 4.79 Å². The molecule has 7 heteroatoms. The lowest BCUT2D eigenvalue weighted by Crippen LogP contribution is -2.46. The van der Waals surface area contributed by atoms with Gasteiger partial charge in [-0.1, -0.05) is 0 Å². The number of hydrogen-bond donors (Lipinski definition) is 1. The first-order valence-electron chi connectivity index (χ1n) is 5.81. The second kappa shape index (κ2) is 5.83. The molecule has 0 saturated carbocycles. The van der Waals surface area contributed by atoms with Gasteiger partial charge in [0.2, 0.25) is 0 Å². The molecule has 0 radical (unpaired) electrons. The van der Waals surface area contributed by atoms with Gasteiger partial charge in [0.05, 0.1) is 0 Å². The lowest BCUT2D eigenvalue weighted by atomic mass is 10.2. The van der Waals surface area contributed by atoms with E-state index in [0.717, 1.165) is 13.1 Å². The van der Waals surface area contributed by atoms with E-state index in [1.54, 1.807) is 4.90 Å². The average molecular weight is 290 g/mol. The summed E-state index contributed by atoms with van der Waals surface area (Å²) in [6, 6.07) is 5.54. The molecule has 1 saturated heterocycles. The van der Waals surface area contributed by atoms with Gasteiger partial charge in [-0.15, -0.1) is 0 Å². The van der Waals surface area contributed by atoms with Gasteiger partial charge in [0, 0.05) is 36.6 Å². The van der Waals surface area contributed by atoms with Crippen LogP contribution in [0, 0.1) is 0 Å². The van der Waals surface area contributed by atoms with Crippen molar-refractivity contribution in [3.63, 3.8) is 0 Å². The average Bonchev–Trinajstić information content (AvgIpc) is 2.38. The zero-order valence-corrected chi connectivity index (χ0v) is 10.9. The summed E-state index contributed by atoms with van der Waals surface area (Å²) in [5, 5.41) is 3.13. The molecule has 1 aromatic rings. The van der Waals surface area contributed by atoms with Crippen LogP contribution in [0.15, 0.2) is 29.2 Å². The maximum absolute atomic E-state index is 12.2. The molecule has 1 aliphatic heterocycles. The zero-order valence-electron chi connectivity index (χ0n) is 10.0. The van der Waals surface area contributed by atoms with E-state index in [4.69, 9.17) is 0 Å². The van der Waals surface area contributed by atoms with Crippen LogP contribution in [-0.2, 0) is 0 Å². The number of piperazine rings is 1. The van der Waals surface area contributed by atoms with Gasteiger partial charge in [0.1, 0.15) is 0 Å². The van der Waals surface area contributed by atoms with Gasteiger partial charge >= 0.3 is 5.51 Å². The molecule has 19 heavy (non-hydrogen) atoms. The predicted octanol–water partition coefficient (Wildman–Crippen LogP) is 2.34. The summed E-state index contributed by atoms with van der Waals surface area (Å²) in [5.74, 6) is -0.134. The second-order valence-corrected chi connectivity index (χ2v) is 5.25. The van der Waals surface area contributed by atoms with Crippen LogP contribution in [0.3, 0.4) is 0 Å². The highest BCUT2D eigenvalue weighted by atomic mass is 32.2. The summed E-state index contributed by atoms with van der Waals surface area (Å²) in [5.41, 5.74) is -3.88. The van der Waals surface area contributed by atoms with E-state index in [9.17, 15) is 18.0 Å². The SMILES string of the molecule is O=C(c1ccc(SC(F)(F)F)cc1)N1CCNCC1. The molecule has 3 nitrogen and oxygen atoms in total. The normalized spacial score (nSPS) is 16.5. The number of nitrogens with zero attached hydrogens (tertiary/aromatic N) is 1. The molecule has 2 rings (SSSR count). The van der Waals surface area contributed by atoms with Crippen molar-refractivity contribution in [1.29, 1.82) is 0 Å². The molecule has 0 bridgehead atoms. The van der Waals surface area contributed by atoms with Crippen LogP contribution in [-0.4, -0.2) is 42.5 Å². The van der Waals surface area contributed by atoms with Gasteiger partial charge in [0.15, 0.2) is 0 Å². The third-order valence-electron chi connectivity index (χ3n) is 2.74. The number of hydrogen-bond acceptors (Lipinski definition) is 3. The smallest absolute Gasteiger partial charge is 0.336 e. The molecule has 1 fully saturated rings. The van der Waals surface area contributed by atoms with Gasteiger partial charge in [-0.25, -0.2) is 0 Å². The molecule has 0 atom stereocenters. The highest BCUT2D eigenvalue weighted by Crippen LogP contribution is 2.36. The van der Waals surface area contributed by atoms with E-state index >= 15 is 0 Å². The Labute approximate surface area is 113 Å². The van der Waals surface area contributed by atoms with Crippen LogP contribution in [0.25, 0.3) is 0 Å².